The molecule has 0 bridgehead atoms. The van der Waals surface area contributed by atoms with E-state index in [1.54, 1.807) is 0 Å². The molecular weight excluding hydrogens is 701 g/mol. The van der Waals surface area contributed by atoms with Crippen LogP contribution in [-0.4, -0.2) is 81.7 Å². The minimum Gasteiger partial charge on any atom is -0.392 e. The molecule has 13 heteroatoms. The number of likely N-dealkylation sites (tertiary alicyclic amines) is 2. The van der Waals surface area contributed by atoms with Crippen LogP contribution < -0.4 is 10.6 Å². The number of halogens is 3. The van der Waals surface area contributed by atoms with Crippen molar-refractivity contribution in [3.63, 3.8) is 0 Å². The lowest BCUT2D eigenvalue weighted by molar-refractivity contribution is -0.278. The number of amides is 3. The summed E-state index contributed by atoms with van der Waals surface area (Å²) in [7, 11) is 0. The van der Waals surface area contributed by atoms with Crippen LogP contribution in [0.25, 0.3) is 0 Å². The molecular formula is C41H55F3N4O6. The van der Waals surface area contributed by atoms with E-state index in [4.69, 9.17) is 9.47 Å². The Balaban J connectivity index is 1.21. The third-order valence-corrected chi connectivity index (χ3v) is 11.6. The van der Waals surface area contributed by atoms with Gasteiger partial charge in [-0.25, -0.2) is 0 Å². The molecule has 54 heavy (non-hydrogen) atoms. The van der Waals surface area contributed by atoms with Crippen molar-refractivity contribution >= 4 is 17.7 Å². The van der Waals surface area contributed by atoms with Crippen LogP contribution in [0.15, 0.2) is 48.5 Å². The lowest BCUT2D eigenvalue weighted by Gasteiger charge is -2.51. The topological polar surface area (TPSA) is 120 Å². The fourth-order valence-electron chi connectivity index (χ4n) is 8.81. The van der Waals surface area contributed by atoms with Gasteiger partial charge in [-0.2, -0.15) is 13.2 Å². The number of aliphatic hydroxyl groups is 1. The van der Waals surface area contributed by atoms with Crippen LogP contribution in [0.5, 0.6) is 0 Å². The van der Waals surface area contributed by atoms with Crippen molar-refractivity contribution in [3.8, 4) is 0 Å². The summed E-state index contributed by atoms with van der Waals surface area (Å²) in [5, 5.41) is 15.6. The smallest absolute Gasteiger partial charge is 0.392 e. The Labute approximate surface area is 316 Å². The van der Waals surface area contributed by atoms with Crippen molar-refractivity contribution < 1.29 is 42.1 Å². The molecule has 4 aliphatic rings. The van der Waals surface area contributed by atoms with Gasteiger partial charge in [0.1, 0.15) is 6.04 Å². The molecule has 3 aliphatic heterocycles. The van der Waals surface area contributed by atoms with Crippen LogP contribution in [0.3, 0.4) is 0 Å². The highest BCUT2D eigenvalue weighted by Crippen LogP contribution is 2.44. The first-order valence-corrected chi connectivity index (χ1v) is 19.5. The lowest BCUT2D eigenvalue weighted by Crippen LogP contribution is -2.61. The summed E-state index contributed by atoms with van der Waals surface area (Å²) in [5.74, 6) is -2.10. The number of aliphatic hydroxyl groups excluding tert-OH is 1. The minimum atomic E-state index is -5.03. The number of nitrogens with one attached hydrogen (secondary N) is 2. The molecule has 0 spiro atoms. The van der Waals surface area contributed by atoms with Gasteiger partial charge in [0, 0.05) is 42.7 Å². The molecule has 3 heterocycles. The maximum absolute atomic E-state index is 13.8. The molecule has 3 saturated heterocycles. The minimum absolute atomic E-state index is 0.0502. The van der Waals surface area contributed by atoms with Crippen LogP contribution >= 0.6 is 0 Å². The fourth-order valence-corrected chi connectivity index (χ4v) is 8.81. The Hall–Kier alpha value is -3.52. The van der Waals surface area contributed by atoms with E-state index in [2.05, 4.69) is 22.5 Å². The van der Waals surface area contributed by atoms with E-state index in [1.165, 1.54) is 12.8 Å². The van der Waals surface area contributed by atoms with Crippen LogP contribution in [0.1, 0.15) is 114 Å². The van der Waals surface area contributed by atoms with Gasteiger partial charge in [0.15, 0.2) is 6.29 Å². The molecule has 10 nitrogen and oxygen atoms in total. The number of hydrogen-bond donors (Lipinski definition) is 3. The van der Waals surface area contributed by atoms with Crippen LogP contribution in [-0.2, 0) is 37.0 Å². The van der Waals surface area contributed by atoms with Gasteiger partial charge in [0.2, 0.25) is 11.8 Å². The number of hydrogen-bond acceptors (Lipinski definition) is 7. The van der Waals surface area contributed by atoms with Crippen molar-refractivity contribution in [2.45, 2.75) is 141 Å². The monoisotopic (exact) mass is 756 g/mol. The van der Waals surface area contributed by atoms with Gasteiger partial charge >= 0.3 is 12.1 Å². The molecule has 8 atom stereocenters. The number of fused-ring (bicyclic) bond motifs is 1. The van der Waals surface area contributed by atoms with Crippen molar-refractivity contribution in [1.29, 1.82) is 0 Å². The molecule has 0 radical (unpaired) electrons. The Morgan fingerprint density at radius 3 is 2.15 bits per heavy atom. The molecule has 6 rings (SSSR count). The number of nitrogens with zero attached hydrogens (tertiary/aromatic N) is 2. The Morgan fingerprint density at radius 1 is 0.815 bits per heavy atom. The summed E-state index contributed by atoms with van der Waals surface area (Å²) in [5.41, 5.74) is 2.88. The highest BCUT2D eigenvalue weighted by Gasteiger charge is 2.48. The van der Waals surface area contributed by atoms with Crippen LogP contribution in [0.4, 0.5) is 13.2 Å². The second kappa shape index (κ2) is 16.7. The quantitative estimate of drug-likeness (QED) is 0.284. The number of rotatable bonds is 9. The van der Waals surface area contributed by atoms with E-state index in [0.717, 1.165) is 47.9 Å². The molecule has 3 N–H and O–H groups in total. The van der Waals surface area contributed by atoms with Gasteiger partial charge in [-0.1, -0.05) is 68.3 Å². The highest BCUT2D eigenvalue weighted by atomic mass is 19.4. The van der Waals surface area contributed by atoms with Crippen molar-refractivity contribution in [3.05, 3.63) is 70.8 Å². The Morgan fingerprint density at radius 2 is 1.48 bits per heavy atom. The summed E-state index contributed by atoms with van der Waals surface area (Å²) in [4.78, 5) is 41.6. The molecule has 296 valence electrons. The summed E-state index contributed by atoms with van der Waals surface area (Å²) >= 11 is 0. The molecule has 2 aromatic carbocycles. The molecule has 3 amide bonds. The normalized spacial score (nSPS) is 29.4. The van der Waals surface area contributed by atoms with E-state index < -0.39 is 30.3 Å². The zero-order valence-corrected chi connectivity index (χ0v) is 31.7. The third-order valence-electron chi connectivity index (χ3n) is 11.6. The molecule has 1 saturated carbocycles. The van der Waals surface area contributed by atoms with Gasteiger partial charge in [-0.15, -0.1) is 0 Å². The van der Waals surface area contributed by atoms with E-state index in [-0.39, 0.29) is 61.7 Å². The van der Waals surface area contributed by atoms with E-state index >= 15 is 0 Å². The van der Waals surface area contributed by atoms with Crippen LogP contribution in [0.2, 0.25) is 0 Å². The van der Waals surface area contributed by atoms with Gasteiger partial charge in [-0.3, -0.25) is 19.3 Å². The molecule has 0 unspecified atom stereocenters. The summed E-state index contributed by atoms with van der Waals surface area (Å²) in [6, 6.07) is 14.0. The number of alkyl halides is 3. The predicted octanol–water partition coefficient (Wildman–Crippen LogP) is 6.08. The third kappa shape index (κ3) is 9.29. The summed E-state index contributed by atoms with van der Waals surface area (Å²) in [6.45, 7) is 8.60. The van der Waals surface area contributed by atoms with Gasteiger partial charge in [0.05, 0.1) is 24.9 Å². The fraction of sp³-hybridized carbons (Fsp3) is 0.634. The number of benzene rings is 2. The van der Waals surface area contributed by atoms with Gasteiger partial charge in [0.25, 0.3) is 0 Å². The number of ether oxygens (including phenoxy) is 2. The van der Waals surface area contributed by atoms with Crippen molar-refractivity contribution in [2.24, 2.45) is 11.8 Å². The second-order valence-corrected chi connectivity index (χ2v) is 16.6. The van der Waals surface area contributed by atoms with Crippen LogP contribution in [0, 0.1) is 11.8 Å². The van der Waals surface area contributed by atoms with E-state index in [1.807, 2.05) is 69.3 Å². The zero-order chi connectivity index (χ0) is 38.8. The standard InChI is InChI=1S/C41H55F3N4O6/c1-25-34(23-48-31-9-6-5-8-28(31)19-20-33(48)37(51)46-40(2,3)4)53-38(54-35(25)29-15-13-27(24-49)14-16-29)30-17-11-26(12-18-30)22-45-36(50)32-10-7-21-47(32)39(52)41(42,43)44/h11-18,25,28,31-35,38,49H,5-10,19-24H2,1-4H3,(H,45,50)(H,46,51)/t25-,28-,31-,32+,33-,34+,35+,38+/m1/s1. The summed E-state index contributed by atoms with van der Waals surface area (Å²) < 4.78 is 52.8. The Bertz CT molecular complexity index is 1610. The average molecular weight is 757 g/mol. The number of piperidine rings is 1. The number of carbonyl (C=O) groups excluding carboxylic acids is 3. The van der Waals surface area contributed by atoms with Gasteiger partial charge < -0.3 is 30.1 Å². The SMILES string of the molecule is C[C@@H]1[C@H](CN2[C@@H](C(=O)NC(C)(C)C)CC[C@H]3CCCC[C@H]32)O[C@H](c2ccc(CNC(=O)[C@@H]3CCCN3C(=O)C(F)(F)F)cc2)O[C@@H]1c1ccc(CO)cc1. The average Bonchev–Trinajstić information content (AvgIpc) is 3.64. The number of carbonyl (C=O) groups is 3. The maximum Gasteiger partial charge on any atom is 0.471 e. The lowest BCUT2D eigenvalue weighted by atomic mass is 9.75. The first-order chi connectivity index (χ1) is 25.6. The van der Waals surface area contributed by atoms with Gasteiger partial charge in [-0.05, 0) is 81.9 Å². The van der Waals surface area contributed by atoms with Crippen molar-refractivity contribution in [1.82, 2.24) is 20.4 Å². The first kappa shape index (κ1) is 40.2. The molecule has 0 aromatic heterocycles. The van der Waals surface area contributed by atoms with Crippen molar-refractivity contribution in [2.75, 3.05) is 13.1 Å². The van der Waals surface area contributed by atoms with E-state index in [9.17, 15) is 32.7 Å². The molecule has 2 aromatic rings. The predicted molar refractivity (Wildman–Crippen MR) is 195 cm³/mol. The van der Waals surface area contributed by atoms with E-state index in [0.29, 0.717) is 29.8 Å². The maximum atomic E-state index is 13.8. The zero-order valence-electron chi connectivity index (χ0n) is 31.7. The Kier molecular flexibility index (Phi) is 12.4. The largest absolute Gasteiger partial charge is 0.471 e. The molecule has 4 fully saturated rings. The highest BCUT2D eigenvalue weighted by molar-refractivity contribution is 5.90. The first-order valence-electron chi connectivity index (χ1n) is 19.5. The molecule has 1 aliphatic carbocycles. The summed E-state index contributed by atoms with van der Waals surface area (Å²) in [6.07, 6.45) is 0.482. The second-order valence-electron chi connectivity index (χ2n) is 16.6.